The first-order valence-corrected chi connectivity index (χ1v) is 6.51. The average Bonchev–Trinajstić information content (AvgIpc) is 3.10. The first-order chi connectivity index (χ1) is 7.72. The van der Waals surface area contributed by atoms with Crippen LogP contribution in [0.25, 0.3) is 0 Å². The van der Waals surface area contributed by atoms with Gasteiger partial charge < -0.3 is 16.4 Å². The average molecular weight is 237 g/mol. The van der Waals surface area contributed by atoms with E-state index >= 15 is 0 Å². The van der Waals surface area contributed by atoms with Crippen molar-refractivity contribution in [2.75, 3.05) is 11.1 Å². The first kappa shape index (κ1) is 9.96. The topological polar surface area (TPSA) is 67.1 Å². The third kappa shape index (κ3) is 2.14. The lowest BCUT2D eigenvalue weighted by Gasteiger charge is -2.00. The monoisotopic (exact) mass is 237 g/mol. The molecular formula is C11H15N3OS. The Morgan fingerprint density at radius 2 is 2.00 bits per heavy atom. The van der Waals surface area contributed by atoms with Gasteiger partial charge in [0.25, 0.3) is 5.91 Å². The van der Waals surface area contributed by atoms with Crippen LogP contribution < -0.4 is 16.4 Å². The Labute approximate surface area is 98.2 Å². The number of nitrogens with two attached hydrogens (primary N) is 1. The second kappa shape index (κ2) is 3.66. The number of hydrogen-bond donors (Lipinski definition) is 3. The Hall–Kier alpha value is -1.23. The van der Waals surface area contributed by atoms with Crippen LogP contribution in [0, 0.1) is 0 Å². The number of nitrogens with one attached hydrogen (secondary N) is 2. The number of anilines is 2. The molecule has 1 heterocycles. The lowest BCUT2D eigenvalue weighted by atomic mass is 10.3. The zero-order chi connectivity index (χ0) is 11.1. The Morgan fingerprint density at radius 1 is 1.31 bits per heavy atom. The van der Waals surface area contributed by atoms with Crippen LogP contribution in [-0.2, 0) is 0 Å². The number of carbonyl (C=O) groups is 1. The molecule has 3 rings (SSSR count). The molecule has 0 aliphatic heterocycles. The predicted molar refractivity (Wildman–Crippen MR) is 65.9 cm³/mol. The minimum Gasteiger partial charge on any atom is -0.397 e. The second-order valence-electron chi connectivity index (χ2n) is 4.56. The van der Waals surface area contributed by atoms with Gasteiger partial charge in [-0.1, -0.05) is 0 Å². The molecule has 2 aliphatic carbocycles. The van der Waals surface area contributed by atoms with Crippen molar-refractivity contribution in [2.45, 2.75) is 37.8 Å². The maximum Gasteiger partial charge on any atom is 0.263 e. The Morgan fingerprint density at radius 3 is 2.62 bits per heavy atom. The van der Waals surface area contributed by atoms with Gasteiger partial charge in [-0.05, 0) is 31.7 Å². The quantitative estimate of drug-likeness (QED) is 0.748. The maximum atomic E-state index is 11.8. The van der Waals surface area contributed by atoms with Crippen LogP contribution in [0.3, 0.4) is 0 Å². The zero-order valence-electron chi connectivity index (χ0n) is 8.95. The van der Waals surface area contributed by atoms with Crippen molar-refractivity contribution in [3.05, 3.63) is 10.9 Å². The molecule has 0 unspecified atom stereocenters. The van der Waals surface area contributed by atoms with Gasteiger partial charge in [-0.15, -0.1) is 11.3 Å². The number of amides is 1. The van der Waals surface area contributed by atoms with Crippen LogP contribution >= 0.6 is 11.3 Å². The summed E-state index contributed by atoms with van der Waals surface area (Å²) >= 11 is 1.46. The molecule has 16 heavy (non-hydrogen) atoms. The van der Waals surface area contributed by atoms with Crippen LogP contribution in [0.4, 0.5) is 10.7 Å². The van der Waals surface area contributed by atoms with Gasteiger partial charge >= 0.3 is 0 Å². The lowest BCUT2D eigenvalue weighted by molar-refractivity contribution is 0.0956. The van der Waals surface area contributed by atoms with E-state index in [0.29, 0.717) is 22.6 Å². The summed E-state index contributed by atoms with van der Waals surface area (Å²) in [5.74, 6) is -0.0196. The molecule has 0 atom stereocenters. The molecule has 0 radical (unpaired) electrons. The number of rotatable bonds is 4. The summed E-state index contributed by atoms with van der Waals surface area (Å²) in [6.45, 7) is 0. The van der Waals surface area contributed by atoms with Gasteiger partial charge in [-0.2, -0.15) is 0 Å². The largest absolute Gasteiger partial charge is 0.397 e. The van der Waals surface area contributed by atoms with Crippen molar-refractivity contribution in [3.8, 4) is 0 Å². The predicted octanol–water partition coefficient (Wildman–Crippen LogP) is 1.80. The fourth-order valence-corrected chi connectivity index (χ4v) is 2.52. The molecule has 2 saturated carbocycles. The molecular weight excluding hydrogens is 222 g/mol. The molecule has 1 amide bonds. The summed E-state index contributed by atoms with van der Waals surface area (Å²) in [7, 11) is 0. The zero-order valence-corrected chi connectivity index (χ0v) is 9.77. The molecule has 5 heteroatoms. The second-order valence-corrected chi connectivity index (χ2v) is 5.61. The van der Waals surface area contributed by atoms with Gasteiger partial charge in [0, 0.05) is 12.1 Å². The van der Waals surface area contributed by atoms with E-state index in [-0.39, 0.29) is 5.91 Å². The van der Waals surface area contributed by atoms with E-state index in [0.717, 1.165) is 17.8 Å². The number of carbonyl (C=O) groups excluding carboxylic acids is 1. The van der Waals surface area contributed by atoms with Crippen molar-refractivity contribution in [1.29, 1.82) is 0 Å². The van der Waals surface area contributed by atoms with Crippen molar-refractivity contribution < 1.29 is 4.79 Å². The maximum absolute atomic E-state index is 11.8. The fraction of sp³-hybridized carbons (Fsp3) is 0.545. The third-order valence-electron chi connectivity index (χ3n) is 2.80. The van der Waals surface area contributed by atoms with E-state index in [2.05, 4.69) is 10.6 Å². The molecule has 86 valence electrons. The SMILES string of the molecule is Nc1cc(NC2CC2)sc1C(=O)NC1CC1. The number of hydrogen-bond acceptors (Lipinski definition) is 4. The highest BCUT2D eigenvalue weighted by molar-refractivity contribution is 7.18. The van der Waals surface area contributed by atoms with Crippen LogP contribution in [-0.4, -0.2) is 18.0 Å². The van der Waals surface area contributed by atoms with Crippen molar-refractivity contribution >= 4 is 27.9 Å². The van der Waals surface area contributed by atoms with Gasteiger partial charge in [-0.25, -0.2) is 0 Å². The normalized spacial score (nSPS) is 19.5. The van der Waals surface area contributed by atoms with Crippen LogP contribution in [0.15, 0.2) is 6.07 Å². The van der Waals surface area contributed by atoms with E-state index in [1.54, 1.807) is 0 Å². The van der Waals surface area contributed by atoms with Crippen LogP contribution in [0.5, 0.6) is 0 Å². The molecule has 1 aromatic rings. The molecule has 2 aliphatic rings. The van der Waals surface area contributed by atoms with Crippen LogP contribution in [0.2, 0.25) is 0 Å². The Balaban J connectivity index is 1.71. The highest BCUT2D eigenvalue weighted by Gasteiger charge is 2.27. The molecule has 0 spiro atoms. The Kier molecular flexibility index (Phi) is 2.28. The summed E-state index contributed by atoms with van der Waals surface area (Å²) in [6, 6.07) is 2.84. The van der Waals surface area contributed by atoms with Gasteiger partial charge in [-0.3, -0.25) is 4.79 Å². The van der Waals surface area contributed by atoms with Crippen molar-refractivity contribution in [1.82, 2.24) is 5.32 Å². The summed E-state index contributed by atoms with van der Waals surface area (Å²) in [6.07, 6.45) is 4.65. The summed E-state index contributed by atoms with van der Waals surface area (Å²) in [4.78, 5) is 12.5. The molecule has 2 fully saturated rings. The van der Waals surface area contributed by atoms with E-state index in [9.17, 15) is 4.79 Å². The highest BCUT2D eigenvalue weighted by atomic mass is 32.1. The molecule has 4 nitrogen and oxygen atoms in total. The van der Waals surface area contributed by atoms with Crippen molar-refractivity contribution in [3.63, 3.8) is 0 Å². The third-order valence-corrected chi connectivity index (χ3v) is 3.88. The van der Waals surface area contributed by atoms with E-state index in [1.807, 2.05) is 6.07 Å². The summed E-state index contributed by atoms with van der Waals surface area (Å²) in [5.41, 5.74) is 6.43. The first-order valence-electron chi connectivity index (χ1n) is 5.69. The van der Waals surface area contributed by atoms with Gasteiger partial charge in [0.15, 0.2) is 0 Å². The molecule has 0 bridgehead atoms. The summed E-state index contributed by atoms with van der Waals surface area (Å²) < 4.78 is 0. The van der Waals surface area contributed by atoms with E-state index in [4.69, 9.17) is 5.73 Å². The Bertz CT molecular complexity index is 421. The van der Waals surface area contributed by atoms with Gasteiger partial charge in [0.05, 0.1) is 10.7 Å². The van der Waals surface area contributed by atoms with Gasteiger partial charge in [0.1, 0.15) is 4.88 Å². The molecule has 0 saturated heterocycles. The highest BCUT2D eigenvalue weighted by Crippen LogP contribution is 2.34. The minimum absolute atomic E-state index is 0.0196. The minimum atomic E-state index is -0.0196. The molecule has 1 aromatic heterocycles. The molecule has 0 aromatic carbocycles. The summed E-state index contributed by atoms with van der Waals surface area (Å²) in [5, 5.41) is 7.33. The van der Waals surface area contributed by atoms with E-state index in [1.165, 1.54) is 24.2 Å². The number of nitrogen functional groups attached to an aromatic ring is 1. The number of thiophene rings is 1. The standard InChI is InChI=1S/C11H15N3OS/c12-8-5-9(13-6-1-2-6)16-10(8)11(15)14-7-3-4-7/h5-7,13H,1-4,12H2,(H,14,15). The van der Waals surface area contributed by atoms with Crippen LogP contribution in [0.1, 0.15) is 35.4 Å². The fourth-order valence-electron chi connectivity index (χ4n) is 1.56. The smallest absolute Gasteiger partial charge is 0.263 e. The molecule has 4 N–H and O–H groups in total. The van der Waals surface area contributed by atoms with Gasteiger partial charge in [0.2, 0.25) is 0 Å². The van der Waals surface area contributed by atoms with E-state index < -0.39 is 0 Å². The van der Waals surface area contributed by atoms with Crippen molar-refractivity contribution in [2.24, 2.45) is 0 Å². The lowest BCUT2D eigenvalue weighted by Crippen LogP contribution is -2.25.